The number of aromatic amines is 1. The van der Waals surface area contributed by atoms with E-state index in [1.807, 2.05) is 42.6 Å². The van der Waals surface area contributed by atoms with Crippen molar-refractivity contribution in [1.82, 2.24) is 18.8 Å². The minimum atomic E-state index is -3.57. The van der Waals surface area contributed by atoms with Gasteiger partial charge in [-0.05, 0) is 132 Å². The molecule has 2 unspecified atom stereocenters. The topological polar surface area (TPSA) is 84.4 Å². The monoisotopic (exact) mass is 772 g/mol. The van der Waals surface area contributed by atoms with Gasteiger partial charge in [-0.15, -0.1) is 5.60 Å². The Morgan fingerprint density at radius 3 is 1.70 bits per heavy atom. The summed E-state index contributed by atoms with van der Waals surface area (Å²) in [4.78, 5) is 8.24. The fraction of sp³-hybridized carbons (Fsp3) is 0.378. The Hall–Kier alpha value is -2.57. The fourth-order valence-corrected chi connectivity index (χ4v) is 8.51. The molecule has 282 valence electrons. The van der Waals surface area contributed by atoms with Crippen LogP contribution in [0.3, 0.4) is 0 Å². The van der Waals surface area contributed by atoms with Crippen molar-refractivity contribution in [2.75, 3.05) is 28.2 Å². The Morgan fingerprint density at radius 2 is 1.20 bits per heavy atom. The van der Waals surface area contributed by atoms with E-state index in [1.165, 1.54) is 50.8 Å². The molecule has 2 aromatic heterocycles. The number of benzene rings is 4. The number of hydrogen-bond donors (Lipinski definition) is 1. The maximum Gasteiger partial charge on any atom is 1.00 e. The predicted molar refractivity (Wildman–Crippen MR) is 219 cm³/mol. The van der Waals surface area contributed by atoms with Gasteiger partial charge in [-0.3, -0.25) is 0 Å². The molecule has 9 heteroatoms. The third kappa shape index (κ3) is 11.5. The normalized spacial score (nSPS) is 16.5. The van der Waals surface area contributed by atoms with Crippen LogP contribution in [0.2, 0.25) is 0 Å². The van der Waals surface area contributed by atoms with Gasteiger partial charge in [0.15, 0.2) is 0 Å². The summed E-state index contributed by atoms with van der Waals surface area (Å²) in [6.45, 7) is 6.98. The average Bonchev–Trinajstić information content (AvgIpc) is 3.80. The second-order valence-electron chi connectivity index (χ2n) is 15.7. The van der Waals surface area contributed by atoms with E-state index in [4.69, 9.17) is 0 Å². The zero-order valence-corrected chi connectivity index (χ0v) is 37.7. The van der Waals surface area contributed by atoms with Crippen molar-refractivity contribution in [2.45, 2.75) is 88.8 Å². The Kier molecular flexibility index (Phi) is 16.0. The molecular formula is C45H57KN4O3S. The molecule has 0 spiro atoms. The molecule has 0 saturated carbocycles. The summed E-state index contributed by atoms with van der Waals surface area (Å²) in [7, 11) is 5.03. The summed E-state index contributed by atoms with van der Waals surface area (Å²) in [6.07, 6.45) is 10.6. The summed E-state index contributed by atoms with van der Waals surface area (Å²) in [6, 6.07) is 32.8. The van der Waals surface area contributed by atoms with Crippen molar-refractivity contribution in [3.63, 3.8) is 0 Å². The molecule has 4 aromatic carbocycles. The number of rotatable bonds is 4. The van der Waals surface area contributed by atoms with Crippen molar-refractivity contribution in [3.05, 3.63) is 137 Å². The van der Waals surface area contributed by atoms with Crippen molar-refractivity contribution in [2.24, 2.45) is 0 Å². The maximum absolute atomic E-state index is 13.0. The smallest absolute Gasteiger partial charge is 0.850 e. The van der Waals surface area contributed by atoms with E-state index in [0.29, 0.717) is 17.0 Å². The van der Waals surface area contributed by atoms with Crippen LogP contribution in [0.1, 0.15) is 61.4 Å². The first kappa shape index (κ1) is 44.1. The van der Waals surface area contributed by atoms with Gasteiger partial charge < -0.3 is 19.9 Å². The number of aromatic nitrogens is 2. The van der Waals surface area contributed by atoms with Gasteiger partial charge >= 0.3 is 51.4 Å². The van der Waals surface area contributed by atoms with E-state index in [2.05, 4.69) is 86.3 Å². The van der Waals surface area contributed by atoms with E-state index >= 15 is 0 Å². The summed E-state index contributed by atoms with van der Waals surface area (Å²) in [5.41, 5.74) is 8.36. The SMILES string of the molecule is CC(C)(C)[O-].CN(C)C1CCc2ccc3[nH]ccc3c2C1.CN(C)C1CCc2ccc3c(ccn3S(=O)(=O)c3ccccc3)c2C1.Cc1ccccc1.[K+]. The number of hydrogen-bond acceptors (Lipinski definition) is 5. The van der Waals surface area contributed by atoms with Gasteiger partial charge in [0.1, 0.15) is 0 Å². The minimum absolute atomic E-state index is 0. The Morgan fingerprint density at radius 1 is 0.704 bits per heavy atom. The van der Waals surface area contributed by atoms with Crippen molar-refractivity contribution in [1.29, 1.82) is 0 Å². The molecule has 2 aliphatic carbocycles. The molecule has 0 radical (unpaired) electrons. The van der Waals surface area contributed by atoms with Gasteiger partial charge in [-0.1, -0.05) is 87.0 Å². The summed E-state index contributed by atoms with van der Waals surface area (Å²) in [5.74, 6) is 0. The first-order chi connectivity index (χ1) is 25.1. The van der Waals surface area contributed by atoms with Gasteiger partial charge in [-0.2, -0.15) is 0 Å². The molecule has 0 fully saturated rings. The number of aryl methyl sites for hydroxylation is 3. The number of likely N-dealkylation sites (N-methyl/N-ethyl adjacent to an activating group) is 2. The van der Waals surface area contributed by atoms with E-state index in [1.54, 1.807) is 62.4 Å². The van der Waals surface area contributed by atoms with Crippen molar-refractivity contribution >= 4 is 31.8 Å². The van der Waals surface area contributed by atoms with Crippen LogP contribution in [0.15, 0.2) is 114 Å². The molecule has 0 bridgehead atoms. The van der Waals surface area contributed by atoms with Crippen molar-refractivity contribution < 1.29 is 64.9 Å². The van der Waals surface area contributed by atoms with Crippen LogP contribution in [-0.2, 0) is 35.7 Å². The molecule has 7 nitrogen and oxygen atoms in total. The third-order valence-corrected chi connectivity index (χ3v) is 11.8. The molecule has 54 heavy (non-hydrogen) atoms. The van der Waals surface area contributed by atoms with Gasteiger partial charge in [-0.25, -0.2) is 12.4 Å². The standard InChI is InChI=1S/C20H22N2O2S.C14H18N2.C7H8.C4H9O.K/c1-21(2)16-10-8-15-9-11-20-18(19(15)14-16)12-13-22(20)25(23,24)17-6-4-3-5-7-17;1-16(2)11-5-3-10-4-6-14-12(7-8-15-14)13(10)9-11;1-7-5-3-2-4-6-7;1-4(2,3)5;/h3-7,9,11-13,16H,8,10,14H2,1-2H3;4,6-8,11,15H,3,5,9H2,1-2H3;2-6H,1H3;1-3H3;/q;;;-1;+1. The third-order valence-electron chi connectivity index (χ3n) is 10.1. The van der Waals surface area contributed by atoms with Gasteiger partial charge in [0.2, 0.25) is 0 Å². The summed E-state index contributed by atoms with van der Waals surface area (Å²) >= 11 is 0. The van der Waals surface area contributed by atoms with Crippen LogP contribution in [0.4, 0.5) is 0 Å². The van der Waals surface area contributed by atoms with Gasteiger partial charge in [0.25, 0.3) is 10.0 Å². The van der Waals surface area contributed by atoms with Crippen LogP contribution in [-0.4, -0.2) is 73.0 Å². The van der Waals surface area contributed by atoms with Crippen molar-refractivity contribution in [3.8, 4) is 0 Å². The summed E-state index contributed by atoms with van der Waals surface area (Å²) in [5, 5.41) is 12.6. The zero-order chi connectivity index (χ0) is 38.3. The molecule has 8 rings (SSSR count). The van der Waals surface area contributed by atoms with E-state index in [0.717, 1.165) is 30.2 Å². The quantitative estimate of drug-likeness (QED) is 0.255. The minimum Gasteiger partial charge on any atom is -0.850 e. The predicted octanol–water partition coefficient (Wildman–Crippen LogP) is 5.03. The van der Waals surface area contributed by atoms with E-state index in [9.17, 15) is 13.5 Å². The molecule has 2 atom stereocenters. The van der Waals surface area contributed by atoms with Crippen LogP contribution in [0, 0.1) is 6.92 Å². The van der Waals surface area contributed by atoms with Crippen LogP contribution < -0.4 is 56.5 Å². The number of nitrogens with one attached hydrogen (secondary N) is 1. The Bertz CT molecular complexity index is 2180. The van der Waals surface area contributed by atoms with Gasteiger partial charge in [0.05, 0.1) is 10.4 Å². The Balaban J connectivity index is 0.000000190. The van der Waals surface area contributed by atoms with E-state index in [-0.39, 0.29) is 51.4 Å². The van der Waals surface area contributed by atoms with E-state index < -0.39 is 15.6 Å². The zero-order valence-electron chi connectivity index (χ0n) is 33.8. The van der Waals surface area contributed by atoms with Crippen LogP contribution in [0.5, 0.6) is 0 Å². The largest absolute Gasteiger partial charge is 1.00 e. The first-order valence-corrected chi connectivity index (χ1v) is 20.1. The van der Waals surface area contributed by atoms with Crippen LogP contribution in [0.25, 0.3) is 21.8 Å². The second kappa shape index (κ2) is 19.5. The molecule has 0 amide bonds. The number of H-pyrrole nitrogens is 1. The molecule has 2 heterocycles. The molecule has 1 N–H and O–H groups in total. The maximum atomic E-state index is 13.0. The molecular weight excluding hydrogens is 716 g/mol. The van der Waals surface area contributed by atoms with Gasteiger partial charge in [0, 0.05) is 40.8 Å². The molecule has 0 aliphatic heterocycles. The number of nitrogens with zero attached hydrogens (tertiary/aromatic N) is 3. The Labute approximate surface area is 366 Å². The fourth-order valence-electron chi connectivity index (χ4n) is 7.14. The molecule has 0 saturated heterocycles. The average molecular weight is 773 g/mol. The number of fused-ring (bicyclic) bond motifs is 6. The summed E-state index contributed by atoms with van der Waals surface area (Å²) < 4.78 is 27.4. The first-order valence-electron chi connectivity index (χ1n) is 18.7. The molecule has 6 aromatic rings. The van der Waals surface area contributed by atoms with Crippen LogP contribution >= 0.6 is 0 Å². The second-order valence-corrected chi connectivity index (χ2v) is 17.5. The molecule has 2 aliphatic rings.